The lowest BCUT2D eigenvalue weighted by molar-refractivity contribution is 0.242. The molecule has 25 heavy (non-hydrogen) atoms. The van der Waals surface area contributed by atoms with E-state index in [0.717, 1.165) is 17.7 Å². The number of hydrogen-bond donors (Lipinski definition) is 1. The van der Waals surface area contributed by atoms with Gasteiger partial charge >= 0.3 is 0 Å². The van der Waals surface area contributed by atoms with Gasteiger partial charge in [-0.2, -0.15) is 0 Å². The minimum atomic E-state index is -3.62. The van der Waals surface area contributed by atoms with Crippen molar-refractivity contribution in [1.82, 2.24) is 4.72 Å². The maximum absolute atomic E-state index is 13.3. The first kappa shape index (κ1) is 19.4. The van der Waals surface area contributed by atoms with Gasteiger partial charge in [0.15, 0.2) is 0 Å². The summed E-state index contributed by atoms with van der Waals surface area (Å²) in [5, 5.41) is 0. The molecule has 2 aromatic rings. The minimum Gasteiger partial charge on any atom is -0.491 e. The van der Waals surface area contributed by atoms with Crippen molar-refractivity contribution in [1.29, 1.82) is 0 Å². The molecular weight excluding hydrogens is 341 g/mol. The van der Waals surface area contributed by atoms with Crippen LogP contribution < -0.4 is 9.46 Å². The fourth-order valence-corrected chi connectivity index (χ4v) is 3.57. The Hall–Kier alpha value is -1.92. The number of rotatable bonds is 8. The van der Waals surface area contributed by atoms with E-state index < -0.39 is 15.8 Å². The maximum Gasteiger partial charge on any atom is 0.240 e. The van der Waals surface area contributed by atoms with Gasteiger partial charge in [0.1, 0.15) is 11.6 Å². The van der Waals surface area contributed by atoms with Crippen molar-refractivity contribution in [2.45, 2.75) is 44.6 Å². The Morgan fingerprint density at radius 2 is 1.92 bits per heavy atom. The Morgan fingerprint density at radius 3 is 2.60 bits per heavy atom. The third-order valence-electron chi connectivity index (χ3n) is 3.64. The van der Waals surface area contributed by atoms with Crippen LogP contribution in [0.15, 0.2) is 47.4 Å². The van der Waals surface area contributed by atoms with E-state index in [0.29, 0.717) is 18.5 Å². The van der Waals surface area contributed by atoms with Gasteiger partial charge < -0.3 is 4.74 Å². The van der Waals surface area contributed by atoms with Gasteiger partial charge in [0.25, 0.3) is 0 Å². The highest BCUT2D eigenvalue weighted by Gasteiger charge is 2.14. The monoisotopic (exact) mass is 365 g/mol. The molecule has 0 aliphatic carbocycles. The molecule has 0 fully saturated rings. The largest absolute Gasteiger partial charge is 0.491 e. The number of halogens is 1. The lowest BCUT2D eigenvalue weighted by Gasteiger charge is -2.11. The summed E-state index contributed by atoms with van der Waals surface area (Å²) in [5.41, 5.74) is 1.40. The molecule has 0 unspecified atom stereocenters. The smallest absolute Gasteiger partial charge is 0.240 e. The van der Waals surface area contributed by atoms with Crippen LogP contribution in [-0.2, 0) is 16.4 Å². The van der Waals surface area contributed by atoms with Gasteiger partial charge in [-0.15, -0.1) is 0 Å². The Kier molecular flexibility index (Phi) is 6.56. The second-order valence-electron chi connectivity index (χ2n) is 6.23. The van der Waals surface area contributed by atoms with Crippen LogP contribution in [0.25, 0.3) is 0 Å². The van der Waals surface area contributed by atoms with E-state index in [2.05, 4.69) is 4.72 Å². The molecule has 0 heterocycles. The molecule has 0 spiro atoms. The number of benzene rings is 2. The standard InChI is InChI=1S/C19H24FNO3S/c1-14(2)24-17-8-4-6-16(13-17)7-5-11-21-25(22,23)18-9-10-19(20)15(3)12-18/h4,6,8-10,12-14,21H,5,7,11H2,1-3H3. The minimum absolute atomic E-state index is 0.0822. The predicted molar refractivity (Wildman–Crippen MR) is 96.9 cm³/mol. The summed E-state index contributed by atoms with van der Waals surface area (Å²) in [7, 11) is -3.62. The van der Waals surface area contributed by atoms with E-state index in [9.17, 15) is 12.8 Å². The molecule has 6 heteroatoms. The van der Waals surface area contributed by atoms with Gasteiger partial charge in [-0.25, -0.2) is 17.5 Å². The lowest BCUT2D eigenvalue weighted by atomic mass is 10.1. The van der Waals surface area contributed by atoms with Crippen molar-refractivity contribution in [3.63, 3.8) is 0 Å². The van der Waals surface area contributed by atoms with Gasteiger partial charge in [-0.05, 0) is 75.1 Å². The summed E-state index contributed by atoms with van der Waals surface area (Å²) in [6, 6.07) is 11.6. The highest BCUT2D eigenvalue weighted by molar-refractivity contribution is 7.89. The second kappa shape index (κ2) is 8.45. The zero-order valence-electron chi connectivity index (χ0n) is 14.8. The first-order valence-corrected chi connectivity index (χ1v) is 9.77. The molecule has 2 aromatic carbocycles. The number of hydrogen-bond acceptors (Lipinski definition) is 3. The summed E-state index contributed by atoms with van der Waals surface area (Å²) in [5.74, 6) is 0.400. The molecule has 1 N–H and O–H groups in total. The van der Waals surface area contributed by atoms with Crippen molar-refractivity contribution >= 4 is 10.0 Å². The summed E-state index contributed by atoms with van der Waals surface area (Å²) in [6.45, 7) is 5.80. The van der Waals surface area contributed by atoms with E-state index in [1.165, 1.54) is 18.2 Å². The fraction of sp³-hybridized carbons (Fsp3) is 0.368. The maximum atomic E-state index is 13.3. The van der Waals surface area contributed by atoms with Crippen molar-refractivity contribution < 1.29 is 17.5 Å². The van der Waals surface area contributed by atoms with Gasteiger partial charge in [0.2, 0.25) is 10.0 Å². The van der Waals surface area contributed by atoms with E-state index in [-0.39, 0.29) is 11.0 Å². The molecule has 136 valence electrons. The first-order chi connectivity index (χ1) is 11.8. The molecule has 0 bridgehead atoms. The van der Waals surface area contributed by atoms with E-state index in [4.69, 9.17) is 4.74 Å². The van der Waals surface area contributed by atoms with Crippen molar-refractivity contribution in [2.75, 3.05) is 6.54 Å². The summed E-state index contributed by atoms with van der Waals surface area (Å²) < 4.78 is 45.9. The molecule has 0 saturated carbocycles. The molecule has 0 aromatic heterocycles. The van der Waals surface area contributed by atoms with Gasteiger partial charge in [0, 0.05) is 6.54 Å². The average Bonchev–Trinajstić information content (AvgIpc) is 2.54. The number of nitrogens with one attached hydrogen (secondary N) is 1. The van der Waals surface area contributed by atoms with Crippen LogP contribution in [0.4, 0.5) is 4.39 Å². The van der Waals surface area contributed by atoms with Crippen LogP contribution >= 0.6 is 0 Å². The SMILES string of the molecule is Cc1cc(S(=O)(=O)NCCCc2cccc(OC(C)C)c2)ccc1F. The average molecular weight is 365 g/mol. The number of aryl methyl sites for hydroxylation is 2. The van der Waals surface area contributed by atoms with Crippen molar-refractivity contribution in [2.24, 2.45) is 0 Å². The van der Waals surface area contributed by atoms with E-state index in [1.807, 2.05) is 38.1 Å². The number of ether oxygens (including phenoxy) is 1. The van der Waals surface area contributed by atoms with Gasteiger partial charge in [-0.3, -0.25) is 0 Å². The fourth-order valence-electron chi connectivity index (χ4n) is 2.41. The van der Waals surface area contributed by atoms with Crippen LogP contribution in [0.2, 0.25) is 0 Å². The quantitative estimate of drug-likeness (QED) is 0.723. The first-order valence-electron chi connectivity index (χ1n) is 8.29. The molecular formula is C19H24FNO3S. The Labute approximate surface area is 149 Å². The highest BCUT2D eigenvalue weighted by Crippen LogP contribution is 2.17. The Bertz CT molecular complexity index is 819. The van der Waals surface area contributed by atoms with E-state index in [1.54, 1.807) is 6.92 Å². The van der Waals surface area contributed by atoms with Crippen molar-refractivity contribution in [3.8, 4) is 5.75 Å². The molecule has 0 saturated heterocycles. The Morgan fingerprint density at radius 1 is 1.16 bits per heavy atom. The van der Waals surface area contributed by atoms with Crippen LogP contribution in [0.3, 0.4) is 0 Å². The normalized spacial score (nSPS) is 11.7. The van der Waals surface area contributed by atoms with Crippen LogP contribution in [-0.4, -0.2) is 21.1 Å². The van der Waals surface area contributed by atoms with Crippen LogP contribution in [0.1, 0.15) is 31.4 Å². The topological polar surface area (TPSA) is 55.4 Å². The lowest BCUT2D eigenvalue weighted by Crippen LogP contribution is -2.25. The summed E-state index contributed by atoms with van der Waals surface area (Å²) in [4.78, 5) is 0.0822. The van der Waals surface area contributed by atoms with Crippen molar-refractivity contribution in [3.05, 3.63) is 59.4 Å². The zero-order valence-corrected chi connectivity index (χ0v) is 15.6. The highest BCUT2D eigenvalue weighted by atomic mass is 32.2. The summed E-state index contributed by atoms with van der Waals surface area (Å²) in [6.07, 6.45) is 1.51. The van der Waals surface area contributed by atoms with Gasteiger partial charge in [-0.1, -0.05) is 12.1 Å². The molecule has 0 amide bonds. The molecule has 0 atom stereocenters. The van der Waals surface area contributed by atoms with Crippen LogP contribution in [0, 0.1) is 12.7 Å². The number of sulfonamides is 1. The zero-order chi connectivity index (χ0) is 18.4. The van der Waals surface area contributed by atoms with Crippen LogP contribution in [0.5, 0.6) is 5.75 Å². The Balaban J connectivity index is 1.89. The molecule has 0 radical (unpaired) electrons. The van der Waals surface area contributed by atoms with Gasteiger partial charge in [0.05, 0.1) is 11.0 Å². The predicted octanol–water partition coefficient (Wildman–Crippen LogP) is 3.83. The molecule has 0 aliphatic heterocycles. The second-order valence-corrected chi connectivity index (χ2v) is 7.99. The van der Waals surface area contributed by atoms with E-state index >= 15 is 0 Å². The molecule has 2 rings (SSSR count). The molecule has 0 aliphatic rings. The third kappa shape index (κ3) is 5.83. The third-order valence-corrected chi connectivity index (χ3v) is 5.10. The molecule has 4 nitrogen and oxygen atoms in total. The summed E-state index contributed by atoms with van der Waals surface area (Å²) >= 11 is 0.